The summed E-state index contributed by atoms with van der Waals surface area (Å²) in [5.74, 6) is 0.657. The Labute approximate surface area is 182 Å². The molecule has 5 heteroatoms. The molecule has 0 fully saturated rings. The van der Waals surface area contributed by atoms with E-state index in [9.17, 15) is 9.59 Å². The summed E-state index contributed by atoms with van der Waals surface area (Å²) in [6.07, 6.45) is 6.02. The Bertz CT molecular complexity index is 1150. The second-order valence-electron chi connectivity index (χ2n) is 7.31. The highest BCUT2D eigenvalue weighted by Gasteiger charge is 2.16. The zero-order valence-electron chi connectivity index (χ0n) is 18.1. The van der Waals surface area contributed by atoms with E-state index in [2.05, 4.69) is 20.1 Å². The van der Waals surface area contributed by atoms with E-state index in [1.165, 1.54) is 0 Å². The fourth-order valence-corrected chi connectivity index (χ4v) is 3.60. The lowest BCUT2D eigenvalue weighted by Gasteiger charge is -2.21. The maximum atomic E-state index is 13.3. The minimum Gasteiger partial charge on any atom is -0.497 e. The minimum absolute atomic E-state index is 0.0550. The number of ether oxygens (including phenoxy) is 1. The molecular weight excluding hydrogens is 388 g/mol. The summed E-state index contributed by atoms with van der Waals surface area (Å²) < 4.78 is 7.10. The third-order valence-electron chi connectivity index (χ3n) is 5.31. The zero-order chi connectivity index (χ0) is 22.4. The van der Waals surface area contributed by atoms with Crippen molar-refractivity contribution in [2.24, 2.45) is 0 Å². The number of methoxy groups -OCH3 is 1. The maximum absolute atomic E-state index is 13.3. The van der Waals surface area contributed by atoms with Gasteiger partial charge in [-0.1, -0.05) is 37.3 Å². The van der Waals surface area contributed by atoms with Crippen molar-refractivity contribution in [3.05, 3.63) is 89.8 Å². The Morgan fingerprint density at radius 2 is 1.77 bits per heavy atom. The number of amides is 1. The average molecular weight is 417 g/mol. The lowest BCUT2D eigenvalue weighted by molar-refractivity contribution is -0.130. The van der Waals surface area contributed by atoms with Crippen LogP contribution in [-0.2, 0) is 17.8 Å². The van der Waals surface area contributed by atoms with Crippen LogP contribution in [0, 0.1) is 0 Å². The quantitative estimate of drug-likeness (QED) is 0.485. The van der Waals surface area contributed by atoms with E-state index >= 15 is 0 Å². The Hall–Kier alpha value is -3.60. The van der Waals surface area contributed by atoms with Crippen molar-refractivity contribution >= 4 is 16.8 Å². The first-order chi connectivity index (χ1) is 15.0. The predicted molar refractivity (Wildman–Crippen MR) is 127 cm³/mol. The molecule has 1 amide bonds. The monoisotopic (exact) mass is 416 g/mol. The van der Waals surface area contributed by atoms with Crippen LogP contribution < -0.4 is 10.2 Å². The van der Waals surface area contributed by atoms with Gasteiger partial charge in [0.25, 0.3) is 0 Å². The van der Waals surface area contributed by atoms with Crippen molar-refractivity contribution in [3.8, 4) is 16.9 Å². The number of aromatic nitrogens is 1. The van der Waals surface area contributed by atoms with Crippen LogP contribution in [0.4, 0.5) is 0 Å². The molecule has 0 saturated carbocycles. The van der Waals surface area contributed by atoms with E-state index in [0.29, 0.717) is 24.0 Å². The van der Waals surface area contributed by atoms with Gasteiger partial charge in [-0.05, 0) is 41.8 Å². The van der Waals surface area contributed by atoms with E-state index in [1.54, 1.807) is 30.4 Å². The molecule has 0 radical (unpaired) electrons. The summed E-state index contributed by atoms with van der Waals surface area (Å²) in [5, 5.41) is 0.595. The highest BCUT2D eigenvalue weighted by Crippen LogP contribution is 2.23. The summed E-state index contributed by atoms with van der Waals surface area (Å²) >= 11 is 0. The van der Waals surface area contributed by atoms with Crippen LogP contribution >= 0.6 is 0 Å². The van der Waals surface area contributed by atoms with Gasteiger partial charge >= 0.3 is 0 Å². The largest absolute Gasteiger partial charge is 0.497 e. The molecule has 0 unspecified atom stereocenters. The van der Waals surface area contributed by atoms with Crippen molar-refractivity contribution < 1.29 is 9.53 Å². The van der Waals surface area contributed by atoms with Crippen LogP contribution in [-0.4, -0.2) is 35.6 Å². The number of carbonyl (C=O) groups excluding carboxylic acids is 1. The number of fused-ring (bicyclic) bond motifs is 1. The fourth-order valence-electron chi connectivity index (χ4n) is 3.60. The van der Waals surface area contributed by atoms with Crippen molar-refractivity contribution in [1.82, 2.24) is 9.47 Å². The first kappa shape index (κ1) is 22.1. The molecule has 160 valence electrons. The smallest absolute Gasteiger partial charge is 0.243 e. The topological polar surface area (TPSA) is 51.5 Å². The van der Waals surface area contributed by atoms with Gasteiger partial charge in [-0.2, -0.15) is 0 Å². The van der Waals surface area contributed by atoms with Crippen molar-refractivity contribution in [1.29, 1.82) is 0 Å². The highest BCUT2D eigenvalue weighted by molar-refractivity contribution is 5.86. The minimum atomic E-state index is -0.0627. The van der Waals surface area contributed by atoms with Gasteiger partial charge < -0.3 is 14.2 Å². The van der Waals surface area contributed by atoms with Gasteiger partial charge in [0, 0.05) is 30.2 Å². The Morgan fingerprint density at radius 1 is 1.10 bits per heavy atom. The lowest BCUT2D eigenvalue weighted by Crippen LogP contribution is -2.34. The van der Waals surface area contributed by atoms with Crippen LogP contribution in [0.5, 0.6) is 5.75 Å². The normalized spacial score (nSPS) is 10.6. The summed E-state index contributed by atoms with van der Waals surface area (Å²) in [6, 6.07) is 13.2. The number of pyridine rings is 1. The van der Waals surface area contributed by atoms with E-state index in [0.717, 1.165) is 28.8 Å². The molecule has 5 nitrogen and oxygen atoms in total. The maximum Gasteiger partial charge on any atom is 0.243 e. The van der Waals surface area contributed by atoms with Gasteiger partial charge in [0.15, 0.2) is 5.43 Å². The summed E-state index contributed by atoms with van der Waals surface area (Å²) in [6.45, 7) is 10.5. The molecule has 0 aliphatic carbocycles. The van der Waals surface area contributed by atoms with E-state index in [1.807, 2.05) is 47.0 Å². The number of hydrogen-bond donors (Lipinski definition) is 0. The molecule has 1 heterocycles. The zero-order valence-corrected chi connectivity index (χ0v) is 18.1. The van der Waals surface area contributed by atoms with Gasteiger partial charge in [-0.25, -0.2) is 0 Å². The van der Waals surface area contributed by atoms with Crippen LogP contribution in [0.1, 0.15) is 12.5 Å². The molecule has 0 N–H and O–H groups in total. The van der Waals surface area contributed by atoms with Gasteiger partial charge in [-0.15, -0.1) is 13.2 Å². The Kier molecular flexibility index (Phi) is 7.08. The third-order valence-corrected chi connectivity index (χ3v) is 5.31. The molecule has 2 aromatic carbocycles. The standard InChI is InChI=1S/C26H28N2O3/c1-5-14-27(15-6-2)25(29)18-28-17-23(20-9-11-21(31-4)12-10-20)26(30)22-13-8-19(7-3)16-24(22)28/h5-6,8-13,16-17H,1-2,7,14-15,18H2,3-4H3. The molecule has 0 aliphatic rings. The lowest BCUT2D eigenvalue weighted by atomic mass is 10.0. The number of rotatable bonds is 9. The summed E-state index contributed by atoms with van der Waals surface area (Å²) in [4.78, 5) is 28.0. The Balaban J connectivity index is 2.15. The van der Waals surface area contributed by atoms with Crippen LogP contribution in [0.2, 0.25) is 0 Å². The molecular formula is C26H28N2O3. The highest BCUT2D eigenvalue weighted by atomic mass is 16.5. The van der Waals surface area contributed by atoms with Crippen LogP contribution in [0.25, 0.3) is 22.0 Å². The van der Waals surface area contributed by atoms with E-state index in [-0.39, 0.29) is 17.9 Å². The van der Waals surface area contributed by atoms with Gasteiger partial charge in [0.05, 0.1) is 12.6 Å². The van der Waals surface area contributed by atoms with Gasteiger partial charge in [-0.3, -0.25) is 9.59 Å². The fraction of sp³-hybridized carbons (Fsp3) is 0.231. The first-order valence-electron chi connectivity index (χ1n) is 10.3. The van der Waals surface area contributed by atoms with Crippen molar-refractivity contribution in [2.75, 3.05) is 20.2 Å². The second kappa shape index (κ2) is 9.94. The summed E-state index contributed by atoms with van der Waals surface area (Å²) in [5.41, 5.74) is 3.14. The van der Waals surface area contributed by atoms with Crippen molar-refractivity contribution in [3.63, 3.8) is 0 Å². The molecule has 0 bridgehead atoms. The molecule has 0 atom stereocenters. The molecule has 0 saturated heterocycles. The number of carbonyl (C=O) groups is 1. The van der Waals surface area contributed by atoms with Gasteiger partial charge in [0.2, 0.25) is 5.91 Å². The van der Waals surface area contributed by atoms with Crippen LogP contribution in [0.3, 0.4) is 0 Å². The summed E-state index contributed by atoms with van der Waals surface area (Å²) in [7, 11) is 1.60. The number of benzene rings is 2. The Morgan fingerprint density at radius 3 is 2.35 bits per heavy atom. The van der Waals surface area contributed by atoms with Gasteiger partial charge in [0.1, 0.15) is 12.3 Å². The molecule has 3 aromatic rings. The average Bonchev–Trinajstić information content (AvgIpc) is 2.80. The second-order valence-corrected chi connectivity index (χ2v) is 7.31. The van der Waals surface area contributed by atoms with Crippen molar-refractivity contribution in [2.45, 2.75) is 19.9 Å². The number of hydrogen-bond acceptors (Lipinski definition) is 3. The van der Waals surface area contributed by atoms with Crippen LogP contribution in [0.15, 0.2) is 78.8 Å². The van der Waals surface area contributed by atoms with E-state index in [4.69, 9.17) is 4.74 Å². The third kappa shape index (κ3) is 4.77. The molecule has 3 rings (SSSR count). The first-order valence-corrected chi connectivity index (χ1v) is 10.3. The SMILES string of the molecule is C=CCN(CC=C)C(=O)Cn1cc(-c2ccc(OC)cc2)c(=O)c2ccc(CC)cc21. The molecule has 0 aliphatic heterocycles. The van der Waals surface area contributed by atoms with E-state index < -0.39 is 0 Å². The number of aryl methyl sites for hydroxylation is 1. The molecule has 31 heavy (non-hydrogen) atoms. The molecule has 1 aromatic heterocycles. The predicted octanol–water partition coefficient (Wildman–Crippen LogP) is 4.44. The molecule has 0 spiro atoms. The number of nitrogens with zero attached hydrogens (tertiary/aromatic N) is 2.